The van der Waals surface area contributed by atoms with Gasteiger partial charge in [-0.15, -0.1) is 10.2 Å². The quantitative estimate of drug-likeness (QED) is 0.570. The Balaban J connectivity index is 1.74. The van der Waals surface area contributed by atoms with Crippen LogP contribution in [0.2, 0.25) is 0 Å². The summed E-state index contributed by atoms with van der Waals surface area (Å²) in [6.45, 7) is 2.85. The Kier molecular flexibility index (Phi) is 6.67. The van der Waals surface area contributed by atoms with Crippen molar-refractivity contribution in [1.82, 2.24) is 25.4 Å². The van der Waals surface area contributed by atoms with Crippen LogP contribution >= 0.6 is 0 Å². The fourth-order valence-corrected chi connectivity index (χ4v) is 4.06. The van der Waals surface area contributed by atoms with Crippen LogP contribution in [-0.2, 0) is 25.2 Å². The molecule has 1 aliphatic rings. The first kappa shape index (κ1) is 22.1. The molecule has 1 aromatic carbocycles. The molecule has 0 unspecified atom stereocenters. The van der Waals surface area contributed by atoms with Gasteiger partial charge in [0.2, 0.25) is 0 Å². The molecular formula is C21H29F3N6. The van der Waals surface area contributed by atoms with E-state index in [1.54, 1.807) is 7.05 Å². The van der Waals surface area contributed by atoms with Gasteiger partial charge in [-0.1, -0.05) is 37.5 Å². The molecular weight excluding hydrogens is 393 g/mol. The third kappa shape index (κ3) is 4.94. The van der Waals surface area contributed by atoms with Gasteiger partial charge in [0.25, 0.3) is 0 Å². The topological polar surface area (TPSA) is 67.1 Å². The summed E-state index contributed by atoms with van der Waals surface area (Å²) in [5, 5.41) is 14.7. The Morgan fingerprint density at radius 1 is 1.17 bits per heavy atom. The average molecular weight is 422 g/mol. The van der Waals surface area contributed by atoms with Crippen LogP contribution in [0.3, 0.4) is 0 Å². The summed E-state index contributed by atoms with van der Waals surface area (Å²) in [6.07, 6.45) is 0.468. The lowest BCUT2D eigenvalue weighted by Gasteiger charge is -2.38. The molecule has 0 radical (unpaired) electrons. The predicted molar refractivity (Wildman–Crippen MR) is 110 cm³/mol. The van der Waals surface area contributed by atoms with Crippen molar-refractivity contribution in [3.8, 4) is 0 Å². The molecule has 2 aromatic rings. The Bertz CT molecular complexity index is 881. The van der Waals surface area contributed by atoms with Crippen molar-refractivity contribution < 1.29 is 13.2 Å². The molecule has 1 fully saturated rings. The van der Waals surface area contributed by atoms with E-state index in [0.29, 0.717) is 19.0 Å². The van der Waals surface area contributed by atoms with Gasteiger partial charge < -0.3 is 15.2 Å². The molecule has 0 spiro atoms. The second kappa shape index (κ2) is 9.06. The van der Waals surface area contributed by atoms with E-state index in [1.807, 2.05) is 24.6 Å². The molecule has 9 heteroatoms. The van der Waals surface area contributed by atoms with E-state index < -0.39 is 11.7 Å². The van der Waals surface area contributed by atoms with Crippen LogP contribution < -0.4 is 10.6 Å². The lowest BCUT2D eigenvalue weighted by Crippen LogP contribution is -2.46. The first-order chi connectivity index (χ1) is 14.2. The zero-order chi connectivity index (χ0) is 21.8. The van der Waals surface area contributed by atoms with Gasteiger partial charge >= 0.3 is 6.18 Å². The largest absolute Gasteiger partial charge is 0.416 e. The molecule has 0 amide bonds. The molecule has 0 atom stereocenters. The van der Waals surface area contributed by atoms with Gasteiger partial charge in [-0.3, -0.25) is 4.99 Å². The summed E-state index contributed by atoms with van der Waals surface area (Å²) in [5.41, 5.74) is -0.201. The first-order valence-corrected chi connectivity index (χ1v) is 10.2. The Morgan fingerprint density at radius 3 is 2.50 bits per heavy atom. The fourth-order valence-electron chi connectivity index (χ4n) is 4.06. The third-order valence-electron chi connectivity index (χ3n) is 6.03. The van der Waals surface area contributed by atoms with Crippen LogP contribution in [0, 0.1) is 6.92 Å². The van der Waals surface area contributed by atoms with E-state index in [1.165, 1.54) is 12.1 Å². The predicted octanol–water partition coefficient (Wildman–Crippen LogP) is 3.71. The minimum Gasteiger partial charge on any atom is -0.356 e. The normalized spacial score (nSPS) is 17.1. The summed E-state index contributed by atoms with van der Waals surface area (Å²) in [6, 6.07) is 5.78. The maximum absolute atomic E-state index is 13.3. The smallest absolute Gasteiger partial charge is 0.356 e. The van der Waals surface area contributed by atoms with Crippen LogP contribution in [0.15, 0.2) is 29.3 Å². The van der Waals surface area contributed by atoms with E-state index in [9.17, 15) is 13.2 Å². The molecule has 3 rings (SSSR count). The number of halogens is 3. The number of aliphatic imine (C=N–C) groups is 1. The summed E-state index contributed by atoms with van der Waals surface area (Å²) in [5.74, 6) is 2.19. The number of aryl methyl sites for hydroxylation is 1. The summed E-state index contributed by atoms with van der Waals surface area (Å²) in [4.78, 5) is 4.26. The number of aromatic nitrogens is 3. The van der Waals surface area contributed by atoms with E-state index in [4.69, 9.17) is 0 Å². The number of nitrogens with zero attached hydrogens (tertiary/aromatic N) is 4. The van der Waals surface area contributed by atoms with Crippen LogP contribution in [-0.4, -0.2) is 34.3 Å². The molecule has 0 saturated heterocycles. The number of rotatable bonds is 5. The lowest BCUT2D eigenvalue weighted by molar-refractivity contribution is -0.137. The number of hydrogen-bond acceptors (Lipinski definition) is 3. The Hall–Kier alpha value is -2.58. The van der Waals surface area contributed by atoms with Gasteiger partial charge in [-0.05, 0) is 31.4 Å². The monoisotopic (exact) mass is 422 g/mol. The summed E-state index contributed by atoms with van der Waals surface area (Å²) >= 11 is 0. The van der Waals surface area contributed by atoms with Gasteiger partial charge in [-0.2, -0.15) is 13.2 Å². The van der Waals surface area contributed by atoms with Gasteiger partial charge in [0.15, 0.2) is 11.8 Å². The van der Waals surface area contributed by atoms with Crippen molar-refractivity contribution >= 4 is 5.96 Å². The number of nitrogens with one attached hydrogen (secondary N) is 2. The SMILES string of the molecule is CN=C(NCc1nnc(C)n1C)NCC1(c2cccc(C(F)(F)F)c2)CCCCC1. The lowest BCUT2D eigenvalue weighted by atomic mass is 9.69. The standard InChI is InChI=1S/C21H29F3N6/c1-15-28-29-18(30(15)3)13-26-19(25-2)27-14-20(10-5-4-6-11-20)16-8-7-9-17(12-16)21(22,23)24/h7-9,12H,4-6,10-11,13-14H2,1-3H3,(H2,25,26,27). The zero-order valence-corrected chi connectivity index (χ0v) is 17.7. The fraction of sp³-hybridized carbons (Fsp3) is 0.571. The number of hydrogen-bond donors (Lipinski definition) is 2. The maximum Gasteiger partial charge on any atom is 0.416 e. The van der Waals surface area contributed by atoms with E-state index in [-0.39, 0.29) is 5.41 Å². The molecule has 1 aromatic heterocycles. The zero-order valence-electron chi connectivity index (χ0n) is 17.7. The highest BCUT2D eigenvalue weighted by molar-refractivity contribution is 5.79. The highest BCUT2D eigenvalue weighted by Gasteiger charge is 2.37. The summed E-state index contributed by atoms with van der Waals surface area (Å²) in [7, 11) is 3.57. The van der Waals surface area contributed by atoms with E-state index >= 15 is 0 Å². The van der Waals surface area contributed by atoms with Crippen molar-refractivity contribution in [1.29, 1.82) is 0 Å². The van der Waals surface area contributed by atoms with E-state index in [2.05, 4.69) is 25.8 Å². The maximum atomic E-state index is 13.3. The minimum atomic E-state index is -4.34. The van der Waals surface area contributed by atoms with Gasteiger partial charge in [-0.25, -0.2) is 0 Å². The molecule has 0 bridgehead atoms. The van der Waals surface area contributed by atoms with Crippen molar-refractivity contribution in [2.24, 2.45) is 12.0 Å². The van der Waals surface area contributed by atoms with Crippen LogP contribution in [0.5, 0.6) is 0 Å². The molecule has 2 N–H and O–H groups in total. The summed E-state index contributed by atoms with van der Waals surface area (Å²) < 4.78 is 41.7. The molecule has 1 saturated carbocycles. The minimum absolute atomic E-state index is 0.349. The Labute approximate surface area is 175 Å². The molecule has 30 heavy (non-hydrogen) atoms. The molecule has 0 aliphatic heterocycles. The van der Waals surface area contributed by atoms with Crippen LogP contribution in [0.25, 0.3) is 0 Å². The highest BCUT2D eigenvalue weighted by atomic mass is 19.4. The van der Waals surface area contributed by atoms with E-state index in [0.717, 1.165) is 55.4 Å². The molecule has 164 valence electrons. The number of guanidine groups is 1. The van der Waals surface area contributed by atoms with Crippen LogP contribution in [0.4, 0.5) is 13.2 Å². The van der Waals surface area contributed by atoms with Crippen molar-refractivity contribution in [2.75, 3.05) is 13.6 Å². The second-order valence-electron chi connectivity index (χ2n) is 7.92. The molecule has 1 heterocycles. The first-order valence-electron chi connectivity index (χ1n) is 10.2. The third-order valence-corrected chi connectivity index (χ3v) is 6.03. The van der Waals surface area contributed by atoms with Gasteiger partial charge in [0.05, 0.1) is 12.1 Å². The van der Waals surface area contributed by atoms with Crippen molar-refractivity contribution in [3.63, 3.8) is 0 Å². The Morgan fingerprint density at radius 2 is 1.90 bits per heavy atom. The van der Waals surface area contributed by atoms with Crippen molar-refractivity contribution in [2.45, 2.75) is 57.2 Å². The molecule has 6 nitrogen and oxygen atoms in total. The number of alkyl halides is 3. The van der Waals surface area contributed by atoms with Gasteiger partial charge in [0.1, 0.15) is 5.82 Å². The average Bonchev–Trinajstić information content (AvgIpc) is 3.06. The molecule has 1 aliphatic carbocycles. The highest BCUT2D eigenvalue weighted by Crippen LogP contribution is 2.41. The number of benzene rings is 1. The second-order valence-corrected chi connectivity index (χ2v) is 7.92. The van der Waals surface area contributed by atoms with Gasteiger partial charge in [0, 0.05) is 26.1 Å². The van der Waals surface area contributed by atoms with Crippen LogP contribution in [0.1, 0.15) is 54.9 Å². The van der Waals surface area contributed by atoms with Crippen molar-refractivity contribution in [3.05, 3.63) is 47.0 Å².